The van der Waals surface area contributed by atoms with E-state index in [2.05, 4.69) is 79.7 Å². The molecule has 2 atom stereocenters. The van der Waals surface area contributed by atoms with Crippen LogP contribution in [0.5, 0.6) is 0 Å². The van der Waals surface area contributed by atoms with Gasteiger partial charge in [-0.05, 0) is 71.3 Å². The van der Waals surface area contributed by atoms with Gasteiger partial charge in [-0.15, -0.1) is 0 Å². The highest BCUT2D eigenvalue weighted by Gasteiger charge is 2.46. The first kappa shape index (κ1) is 21.0. The molecular formula is C28H42O. The highest BCUT2D eigenvalue weighted by molar-refractivity contribution is 5.35. The molecule has 2 unspecified atom stereocenters. The molecule has 2 saturated carbocycles. The van der Waals surface area contributed by atoms with Gasteiger partial charge in [0.25, 0.3) is 0 Å². The van der Waals surface area contributed by atoms with Gasteiger partial charge in [0, 0.05) is 12.8 Å². The highest BCUT2D eigenvalue weighted by Crippen LogP contribution is 2.57. The lowest BCUT2D eigenvalue weighted by molar-refractivity contribution is 0.0934. The molecule has 0 aromatic rings. The van der Waals surface area contributed by atoms with Crippen LogP contribution in [0.3, 0.4) is 0 Å². The topological polar surface area (TPSA) is 9.23 Å². The van der Waals surface area contributed by atoms with Gasteiger partial charge in [0.1, 0.15) is 11.5 Å². The summed E-state index contributed by atoms with van der Waals surface area (Å²) in [6, 6.07) is 0. The summed E-state index contributed by atoms with van der Waals surface area (Å²) < 4.78 is 6.59. The third-order valence-electron chi connectivity index (χ3n) is 8.96. The normalized spacial score (nSPS) is 33.9. The minimum Gasteiger partial charge on any atom is -0.466 e. The largest absolute Gasteiger partial charge is 0.466 e. The number of hydrogen-bond acceptors (Lipinski definition) is 1. The van der Waals surface area contributed by atoms with Crippen molar-refractivity contribution in [1.82, 2.24) is 0 Å². The van der Waals surface area contributed by atoms with E-state index in [0.717, 1.165) is 12.8 Å². The Hall–Kier alpha value is -1.24. The van der Waals surface area contributed by atoms with Crippen LogP contribution < -0.4 is 0 Å². The average Bonchev–Trinajstić information content (AvgIpc) is 2.63. The quantitative estimate of drug-likeness (QED) is 0.457. The van der Waals surface area contributed by atoms with Gasteiger partial charge in [-0.1, -0.05) is 78.7 Å². The van der Waals surface area contributed by atoms with Crippen LogP contribution in [0.4, 0.5) is 0 Å². The molecule has 0 radical (unpaired) electrons. The van der Waals surface area contributed by atoms with Gasteiger partial charge in [0.2, 0.25) is 0 Å². The second-order valence-electron chi connectivity index (χ2n) is 12.9. The molecular weight excluding hydrogens is 352 g/mol. The smallest absolute Gasteiger partial charge is 0.104 e. The molecule has 1 heteroatoms. The van der Waals surface area contributed by atoms with Crippen LogP contribution in [0.25, 0.3) is 0 Å². The molecule has 0 aromatic heterocycles. The van der Waals surface area contributed by atoms with E-state index in [9.17, 15) is 0 Å². The zero-order chi connectivity index (χ0) is 21.2. The van der Waals surface area contributed by atoms with E-state index < -0.39 is 0 Å². The summed E-state index contributed by atoms with van der Waals surface area (Å²) in [6.07, 6.45) is 16.6. The van der Waals surface area contributed by atoms with Gasteiger partial charge in [-0.25, -0.2) is 0 Å². The van der Waals surface area contributed by atoms with Crippen LogP contribution in [0.1, 0.15) is 93.9 Å². The zero-order valence-corrected chi connectivity index (χ0v) is 20.1. The Kier molecular flexibility index (Phi) is 4.80. The maximum atomic E-state index is 6.59. The molecule has 29 heavy (non-hydrogen) atoms. The van der Waals surface area contributed by atoms with E-state index in [1.165, 1.54) is 37.2 Å². The van der Waals surface area contributed by atoms with E-state index >= 15 is 0 Å². The predicted molar refractivity (Wildman–Crippen MR) is 123 cm³/mol. The molecule has 4 rings (SSSR count). The maximum absolute atomic E-state index is 6.59. The lowest BCUT2D eigenvalue weighted by Gasteiger charge is -2.50. The molecule has 0 aromatic carbocycles. The van der Waals surface area contributed by atoms with Crippen LogP contribution in [-0.2, 0) is 4.74 Å². The van der Waals surface area contributed by atoms with Crippen LogP contribution in [0.2, 0.25) is 0 Å². The SMILES string of the molecule is CC1(C)CCC(C)(C)C2CC(OC3=CC=C4C(C3)C(C)(C)CCC4(C)C)=CC=C21. The highest BCUT2D eigenvalue weighted by atomic mass is 16.5. The van der Waals surface area contributed by atoms with Crippen molar-refractivity contribution in [3.8, 4) is 0 Å². The van der Waals surface area contributed by atoms with Gasteiger partial charge < -0.3 is 4.74 Å². The van der Waals surface area contributed by atoms with Crippen molar-refractivity contribution in [3.05, 3.63) is 47.0 Å². The number of hydrogen-bond donors (Lipinski definition) is 0. The summed E-state index contributed by atoms with van der Waals surface area (Å²) in [5.74, 6) is 3.54. The summed E-state index contributed by atoms with van der Waals surface area (Å²) in [7, 11) is 0. The van der Waals surface area contributed by atoms with E-state index in [1.54, 1.807) is 11.1 Å². The van der Waals surface area contributed by atoms with Crippen molar-refractivity contribution in [2.24, 2.45) is 33.5 Å². The number of ether oxygens (including phenoxy) is 1. The van der Waals surface area contributed by atoms with Crippen molar-refractivity contribution >= 4 is 0 Å². The van der Waals surface area contributed by atoms with Crippen LogP contribution >= 0.6 is 0 Å². The lowest BCUT2D eigenvalue weighted by atomic mass is 9.55. The van der Waals surface area contributed by atoms with E-state index in [4.69, 9.17) is 4.74 Å². The molecule has 2 fully saturated rings. The minimum atomic E-state index is 0.321. The molecule has 1 nitrogen and oxygen atoms in total. The van der Waals surface area contributed by atoms with Crippen molar-refractivity contribution in [3.63, 3.8) is 0 Å². The van der Waals surface area contributed by atoms with Crippen molar-refractivity contribution in [2.75, 3.05) is 0 Å². The molecule has 160 valence electrons. The van der Waals surface area contributed by atoms with E-state index in [1.807, 2.05) is 0 Å². The Labute approximate surface area is 179 Å². The monoisotopic (exact) mass is 394 g/mol. The Morgan fingerprint density at radius 2 is 0.966 bits per heavy atom. The Balaban J connectivity index is 1.58. The standard InChI is InChI=1S/C28H42O/c1-25(2)13-15-27(5,6)23-17-19(9-11-21(23)25)29-20-10-12-22-24(18-20)28(7,8)16-14-26(22,3)4/h9-12,23-24H,13-18H2,1-8H3. The Morgan fingerprint density at radius 1 is 0.586 bits per heavy atom. The van der Waals surface area contributed by atoms with Crippen LogP contribution in [-0.4, -0.2) is 0 Å². The molecule has 0 amide bonds. The molecule has 0 N–H and O–H groups in total. The first-order valence-corrected chi connectivity index (χ1v) is 11.8. The van der Waals surface area contributed by atoms with Crippen molar-refractivity contribution < 1.29 is 4.74 Å². The molecule has 0 bridgehead atoms. The van der Waals surface area contributed by atoms with Crippen LogP contribution in [0, 0.1) is 33.5 Å². The van der Waals surface area contributed by atoms with Crippen LogP contribution in [0.15, 0.2) is 47.0 Å². The molecule has 0 spiro atoms. The summed E-state index contributed by atoms with van der Waals surface area (Å²) in [5.41, 5.74) is 4.62. The first-order valence-electron chi connectivity index (χ1n) is 11.8. The molecule has 0 aliphatic heterocycles. The molecule has 4 aliphatic carbocycles. The lowest BCUT2D eigenvalue weighted by Crippen LogP contribution is -2.40. The average molecular weight is 395 g/mol. The van der Waals surface area contributed by atoms with Gasteiger partial charge in [0.15, 0.2) is 0 Å². The van der Waals surface area contributed by atoms with Gasteiger partial charge in [-0.2, -0.15) is 0 Å². The fraction of sp³-hybridized carbons (Fsp3) is 0.714. The number of fused-ring (bicyclic) bond motifs is 2. The summed E-state index contributed by atoms with van der Waals surface area (Å²) >= 11 is 0. The Bertz CT molecular complexity index is 741. The third kappa shape index (κ3) is 3.68. The zero-order valence-electron chi connectivity index (χ0n) is 20.1. The second kappa shape index (κ2) is 6.63. The van der Waals surface area contributed by atoms with Gasteiger partial charge in [0.05, 0.1) is 0 Å². The summed E-state index contributed by atoms with van der Waals surface area (Å²) in [4.78, 5) is 0. The van der Waals surface area contributed by atoms with Crippen molar-refractivity contribution in [2.45, 2.75) is 93.9 Å². The van der Waals surface area contributed by atoms with Gasteiger partial charge >= 0.3 is 0 Å². The summed E-state index contributed by atoms with van der Waals surface area (Å²) in [5, 5.41) is 0. The predicted octanol–water partition coefficient (Wildman–Crippen LogP) is 8.36. The number of rotatable bonds is 2. The third-order valence-corrected chi connectivity index (χ3v) is 8.96. The molecule has 4 aliphatic rings. The Morgan fingerprint density at radius 3 is 1.34 bits per heavy atom. The fourth-order valence-electron chi connectivity index (χ4n) is 6.37. The fourth-order valence-corrected chi connectivity index (χ4v) is 6.37. The number of allylic oxidation sites excluding steroid dienone is 8. The molecule has 0 saturated heterocycles. The maximum Gasteiger partial charge on any atom is 0.104 e. The first-order chi connectivity index (χ1) is 13.3. The van der Waals surface area contributed by atoms with Gasteiger partial charge in [-0.3, -0.25) is 0 Å². The molecule has 0 heterocycles. The second-order valence-corrected chi connectivity index (χ2v) is 12.9. The summed E-state index contributed by atoms with van der Waals surface area (Å²) in [6.45, 7) is 19.5. The van der Waals surface area contributed by atoms with Crippen molar-refractivity contribution in [1.29, 1.82) is 0 Å². The van der Waals surface area contributed by atoms with E-state index in [-0.39, 0.29) is 0 Å². The van der Waals surface area contributed by atoms with E-state index in [0.29, 0.717) is 33.5 Å². The minimum absolute atomic E-state index is 0.321.